The van der Waals surface area contributed by atoms with E-state index in [0.29, 0.717) is 0 Å². The van der Waals surface area contributed by atoms with Gasteiger partial charge in [0.15, 0.2) is 0 Å². The molecule has 0 rings (SSSR count). The molecule has 0 saturated carbocycles. The molecule has 0 aromatic carbocycles. The van der Waals surface area contributed by atoms with Crippen LogP contribution < -0.4 is 5.32 Å². The molecule has 4 nitrogen and oxygen atoms in total. The highest BCUT2D eigenvalue weighted by Gasteiger charge is 2.20. The van der Waals surface area contributed by atoms with Crippen molar-refractivity contribution < 1.29 is 14.7 Å². The summed E-state index contributed by atoms with van der Waals surface area (Å²) in [5, 5.41) is 11.5. The molecule has 0 bridgehead atoms. The van der Waals surface area contributed by atoms with Gasteiger partial charge in [0.25, 0.3) is 0 Å². The van der Waals surface area contributed by atoms with Crippen LogP contribution in [0.3, 0.4) is 0 Å². The minimum absolute atomic E-state index is 0.0640. The summed E-state index contributed by atoms with van der Waals surface area (Å²) >= 11 is 0. The second kappa shape index (κ2) is 4.37. The fourth-order valence-corrected chi connectivity index (χ4v) is 0.719. The van der Waals surface area contributed by atoms with E-state index in [0.717, 1.165) is 0 Å². The van der Waals surface area contributed by atoms with Crippen LogP contribution in [-0.2, 0) is 9.59 Å². The summed E-state index contributed by atoms with van der Waals surface area (Å²) in [5.41, 5.74) is -1.07. The lowest BCUT2D eigenvalue weighted by Gasteiger charge is -2.16. The predicted molar refractivity (Wildman–Crippen MR) is 48.9 cm³/mol. The van der Waals surface area contributed by atoms with Crippen molar-refractivity contribution >= 4 is 11.8 Å². The van der Waals surface area contributed by atoms with Gasteiger partial charge in [0.2, 0.25) is 11.8 Å². The molecule has 0 aliphatic rings. The predicted octanol–water partition coefficient (Wildman–Crippen LogP) is 0.446. The smallest absolute Gasteiger partial charge is 0.229 e. The van der Waals surface area contributed by atoms with E-state index in [2.05, 4.69) is 5.32 Å². The molecular weight excluding hydrogens is 170 g/mol. The van der Waals surface area contributed by atoms with Crippen LogP contribution in [0.1, 0.15) is 34.1 Å². The van der Waals surface area contributed by atoms with E-state index in [1.165, 1.54) is 13.8 Å². The minimum Gasteiger partial charge on any atom is -0.390 e. The third kappa shape index (κ3) is 6.28. The van der Waals surface area contributed by atoms with E-state index in [-0.39, 0.29) is 18.2 Å². The number of carbonyl (C=O) groups excluding carboxylic acids is 2. The Hall–Kier alpha value is -0.900. The first-order valence-corrected chi connectivity index (χ1v) is 4.28. The van der Waals surface area contributed by atoms with Gasteiger partial charge in [-0.3, -0.25) is 14.9 Å². The van der Waals surface area contributed by atoms with Gasteiger partial charge in [-0.25, -0.2) is 0 Å². The van der Waals surface area contributed by atoms with Gasteiger partial charge in [0.05, 0.1) is 12.0 Å². The van der Waals surface area contributed by atoms with E-state index in [4.69, 9.17) is 0 Å². The molecule has 13 heavy (non-hydrogen) atoms. The van der Waals surface area contributed by atoms with Crippen molar-refractivity contribution in [2.45, 2.75) is 39.7 Å². The lowest BCUT2D eigenvalue weighted by atomic mass is 10.1. The van der Waals surface area contributed by atoms with Crippen LogP contribution in [0.5, 0.6) is 0 Å². The summed E-state index contributed by atoms with van der Waals surface area (Å²) in [4.78, 5) is 22.1. The first-order valence-electron chi connectivity index (χ1n) is 4.28. The Balaban J connectivity index is 3.96. The SMILES string of the molecule is CC(C)C(=O)NC(=O)CC(C)(C)O. The molecule has 2 N–H and O–H groups in total. The Morgan fingerprint density at radius 2 is 1.85 bits per heavy atom. The Bertz CT molecular complexity index is 203. The Morgan fingerprint density at radius 1 is 1.38 bits per heavy atom. The number of amides is 2. The zero-order valence-electron chi connectivity index (χ0n) is 8.55. The summed E-state index contributed by atoms with van der Waals surface area (Å²) in [5.74, 6) is -0.966. The van der Waals surface area contributed by atoms with Crippen LogP contribution in [0.2, 0.25) is 0 Å². The van der Waals surface area contributed by atoms with Crippen molar-refractivity contribution in [1.29, 1.82) is 0 Å². The number of nitrogens with one attached hydrogen (secondary N) is 1. The lowest BCUT2D eigenvalue weighted by molar-refractivity contribution is -0.134. The molecule has 0 aliphatic heterocycles. The quantitative estimate of drug-likeness (QED) is 0.674. The molecule has 0 aromatic rings. The van der Waals surface area contributed by atoms with Gasteiger partial charge in [0, 0.05) is 5.92 Å². The molecule has 0 spiro atoms. The molecule has 0 atom stereocenters. The molecule has 0 radical (unpaired) electrons. The van der Waals surface area contributed by atoms with Crippen LogP contribution in [0.4, 0.5) is 0 Å². The van der Waals surface area contributed by atoms with Gasteiger partial charge >= 0.3 is 0 Å². The second-order valence-corrected chi connectivity index (χ2v) is 4.06. The summed E-state index contributed by atoms with van der Waals surface area (Å²) in [6.07, 6.45) is -0.0640. The van der Waals surface area contributed by atoms with E-state index in [9.17, 15) is 14.7 Å². The van der Waals surface area contributed by atoms with Crippen LogP contribution in [0.15, 0.2) is 0 Å². The monoisotopic (exact) mass is 187 g/mol. The molecule has 0 aliphatic carbocycles. The highest BCUT2D eigenvalue weighted by molar-refractivity contribution is 5.96. The van der Waals surface area contributed by atoms with E-state index >= 15 is 0 Å². The number of aliphatic hydroxyl groups is 1. The summed E-state index contributed by atoms with van der Waals surface area (Å²) in [6, 6.07) is 0. The highest BCUT2D eigenvalue weighted by atomic mass is 16.3. The minimum atomic E-state index is -1.07. The normalized spacial score (nSPS) is 11.5. The molecule has 0 aromatic heterocycles. The van der Waals surface area contributed by atoms with Crippen LogP contribution in [0.25, 0.3) is 0 Å². The zero-order valence-corrected chi connectivity index (χ0v) is 8.55. The first kappa shape index (κ1) is 12.1. The second-order valence-electron chi connectivity index (χ2n) is 4.06. The Morgan fingerprint density at radius 3 is 2.15 bits per heavy atom. The molecule has 2 amide bonds. The summed E-state index contributed by atoms with van der Waals surface area (Å²) in [6.45, 7) is 6.44. The summed E-state index contributed by atoms with van der Waals surface area (Å²) < 4.78 is 0. The molecule has 0 heterocycles. The van der Waals surface area contributed by atoms with Crippen LogP contribution in [-0.4, -0.2) is 22.5 Å². The lowest BCUT2D eigenvalue weighted by Crippen LogP contribution is -2.37. The molecular formula is C9H17NO3. The maximum absolute atomic E-state index is 11.1. The molecule has 76 valence electrons. The number of hydrogen-bond donors (Lipinski definition) is 2. The summed E-state index contributed by atoms with van der Waals surface area (Å²) in [7, 11) is 0. The van der Waals surface area contributed by atoms with Crippen LogP contribution >= 0.6 is 0 Å². The number of rotatable bonds is 3. The molecule has 0 saturated heterocycles. The maximum atomic E-state index is 11.1. The fourth-order valence-electron chi connectivity index (χ4n) is 0.719. The number of hydrogen-bond acceptors (Lipinski definition) is 3. The standard InChI is InChI=1S/C9H17NO3/c1-6(2)8(12)10-7(11)5-9(3,4)13/h6,13H,5H2,1-4H3,(H,10,11,12). The molecule has 0 fully saturated rings. The van der Waals surface area contributed by atoms with Crippen molar-refractivity contribution in [3.05, 3.63) is 0 Å². The van der Waals surface area contributed by atoms with Gasteiger partial charge in [-0.05, 0) is 13.8 Å². The van der Waals surface area contributed by atoms with Gasteiger partial charge in [-0.15, -0.1) is 0 Å². The fraction of sp³-hybridized carbons (Fsp3) is 0.778. The average Bonchev–Trinajstić information content (AvgIpc) is 1.81. The zero-order chi connectivity index (χ0) is 10.6. The number of carbonyl (C=O) groups is 2. The van der Waals surface area contributed by atoms with Gasteiger partial charge < -0.3 is 5.11 Å². The third-order valence-corrected chi connectivity index (χ3v) is 1.38. The van der Waals surface area contributed by atoms with E-state index in [1.54, 1.807) is 13.8 Å². The topological polar surface area (TPSA) is 66.4 Å². The first-order chi connectivity index (χ1) is 5.72. The van der Waals surface area contributed by atoms with Crippen molar-refractivity contribution in [3.8, 4) is 0 Å². The van der Waals surface area contributed by atoms with Crippen molar-refractivity contribution in [3.63, 3.8) is 0 Å². The van der Waals surface area contributed by atoms with Gasteiger partial charge in [-0.2, -0.15) is 0 Å². The Labute approximate surface area is 78.3 Å². The van der Waals surface area contributed by atoms with E-state index < -0.39 is 11.5 Å². The van der Waals surface area contributed by atoms with Crippen molar-refractivity contribution in [2.75, 3.05) is 0 Å². The van der Waals surface area contributed by atoms with Crippen molar-refractivity contribution in [2.24, 2.45) is 5.92 Å². The number of imide groups is 1. The maximum Gasteiger partial charge on any atom is 0.229 e. The largest absolute Gasteiger partial charge is 0.390 e. The van der Waals surface area contributed by atoms with Gasteiger partial charge in [0.1, 0.15) is 0 Å². The van der Waals surface area contributed by atoms with Crippen molar-refractivity contribution in [1.82, 2.24) is 5.32 Å². The highest BCUT2D eigenvalue weighted by Crippen LogP contribution is 2.06. The van der Waals surface area contributed by atoms with Gasteiger partial charge in [-0.1, -0.05) is 13.8 Å². The van der Waals surface area contributed by atoms with E-state index in [1.807, 2.05) is 0 Å². The Kier molecular flexibility index (Phi) is 4.07. The van der Waals surface area contributed by atoms with Crippen LogP contribution in [0, 0.1) is 5.92 Å². The molecule has 0 unspecified atom stereocenters. The third-order valence-electron chi connectivity index (χ3n) is 1.38. The average molecular weight is 187 g/mol. The molecule has 4 heteroatoms.